The van der Waals surface area contributed by atoms with Gasteiger partial charge in [0.25, 0.3) is 5.91 Å². The summed E-state index contributed by atoms with van der Waals surface area (Å²) in [6.45, 7) is 1.62. The van der Waals surface area contributed by atoms with Crippen LogP contribution in [0.4, 0.5) is 19.0 Å². The molecule has 0 radical (unpaired) electrons. The summed E-state index contributed by atoms with van der Waals surface area (Å²) in [6, 6.07) is 11.7. The Morgan fingerprint density at radius 3 is 2.62 bits per heavy atom. The van der Waals surface area contributed by atoms with Crippen LogP contribution in [-0.2, 0) is 20.8 Å². The maximum Gasteiger partial charge on any atom is 0.573 e. The summed E-state index contributed by atoms with van der Waals surface area (Å²) in [5.74, 6) is -1.31. The summed E-state index contributed by atoms with van der Waals surface area (Å²) in [4.78, 5) is 34.1. The van der Waals surface area contributed by atoms with Crippen LogP contribution in [0.25, 0.3) is 0 Å². The number of rotatable bonds is 10. The number of nitrogens with one attached hydrogen (secondary N) is 1. The van der Waals surface area contributed by atoms with Gasteiger partial charge in [0.05, 0.1) is 19.8 Å². The summed E-state index contributed by atoms with van der Waals surface area (Å²) in [6.07, 6.45) is -4.97. The zero-order valence-corrected chi connectivity index (χ0v) is 23.2. The highest BCUT2D eigenvalue weighted by Gasteiger charge is 2.36. The number of carbonyl (C=O) groups is 2. The standard InChI is InChI=1S/C27H27ClF3N5O6/c1-34-21(37)16-35(11-3-12-39-26-32-10-13-40-26)24(38)22-23(34)33-25(36(22)15-17-6-8-18(28)9-7-17)41-19-4-2-5-20(14-19)42-27(29,30)31/h2,4-9,14,26,32H,3,10-13,15-16H2,1H3. The van der Waals surface area contributed by atoms with E-state index in [9.17, 15) is 22.8 Å². The Kier molecular flexibility index (Phi) is 8.87. The van der Waals surface area contributed by atoms with Crippen LogP contribution < -0.4 is 19.7 Å². The van der Waals surface area contributed by atoms with Gasteiger partial charge in [0.15, 0.2) is 11.5 Å². The van der Waals surface area contributed by atoms with Gasteiger partial charge in [-0.25, -0.2) is 0 Å². The van der Waals surface area contributed by atoms with Crippen molar-refractivity contribution < 1.29 is 41.7 Å². The monoisotopic (exact) mass is 609 g/mol. The Bertz CT molecular complexity index is 1430. The molecular weight excluding hydrogens is 583 g/mol. The molecule has 1 N–H and O–H groups in total. The van der Waals surface area contributed by atoms with Crippen molar-refractivity contribution in [3.05, 3.63) is 64.8 Å². The van der Waals surface area contributed by atoms with Crippen molar-refractivity contribution in [1.29, 1.82) is 0 Å². The van der Waals surface area contributed by atoms with E-state index in [-0.39, 0.29) is 55.4 Å². The van der Waals surface area contributed by atoms with E-state index in [1.54, 1.807) is 24.3 Å². The molecule has 1 fully saturated rings. The highest BCUT2D eigenvalue weighted by molar-refractivity contribution is 6.30. The first-order valence-corrected chi connectivity index (χ1v) is 13.4. The smallest absolute Gasteiger partial charge is 0.425 e. The molecule has 2 aliphatic heterocycles. The van der Waals surface area contributed by atoms with Crippen LogP contribution in [0.2, 0.25) is 5.02 Å². The van der Waals surface area contributed by atoms with Gasteiger partial charge in [-0.2, -0.15) is 4.98 Å². The van der Waals surface area contributed by atoms with Gasteiger partial charge >= 0.3 is 12.4 Å². The predicted molar refractivity (Wildman–Crippen MR) is 144 cm³/mol. The fraction of sp³-hybridized carbons (Fsp3) is 0.370. The number of hydrogen-bond donors (Lipinski definition) is 1. The topological polar surface area (TPSA) is 107 Å². The first-order valence-electron chi connectivity index (χ1n) is 13.0. The normalized spacial score (nSPS) is 17.4. The third-order valence-corrected chi connectivity index (χ3v) is 6.70. The van der Waals surface area contributed by atoms with Crippen molar-refractivity contribution in [3.8, 4) is 17.5 Å². The lowest BCUT2D eigenvalue weighted by molar-refractivity contribution is -0.274. The molecule has 5 rings (SSSR count). The summed E-state index contributed by atoms with van der Waals surface area (Å²) < 4.78 is 60.7. The molecule has 0 saturated carbocycles. The van der Waals surface area contributed by atoms with Crippen molar-refractivity contribution in [1.82, 2.24) is 19.8 Å². The Morgan fingerprint density at radius 1 is 1.14 bits per heavy atom. The molecule has 2 aromatic carbocycles. The summed E-state index contributed by atoms with van der Waals surface area (Å²) in [5.41, 5.74) is 0.811. The average Bonchev–Trinajstić information content (AvgIpc) is 3.56. The lowest BCUT2D eigenvalue weighted by Crippen LogP contribution is -2.39. The number of hydrogen-bond acceptors (Lipinski definition) is 8. The first kappa shape index (κ1) is 29.6. The zero-order chi connectivity index (χ0) is 29.9. The Labute approximate surface area is 243 Å². The van der Waals surface area contributed by atoms with Gasteiger partial charge in [0.2, 0.25) is 12.3 Å². The second kappa shape index (κ2) is 12.6. The summed E-state index contributed by atoms with van der Waals surface area (Å²) in [5, 5.41) is 3.54. The quantitative estimate of drug-likeness (QED) is 0.344. The lowest BCUT2D eigenvalue weighted by atomic mass is 10.2. The van der Waals surface area contributed by atoms with Crippen LogP contribution in [-0.4, -0.2) is 78.9 Å². The summed E-state index contributed by atoms with van der Waals surface area (Å²) in [7, 11) is 1.49. The van der Waals surface area contributed by atoms with Crippen molar-refractivity contribution in [2.24, 2.45) is 0 Å². The molecule has 2 amide bonds. The van der Waals surface area contributed by atoms with E-state index in [4.69, 9.17) is 25.8 Å². The van der Waals surface area contributed by atoms with E-state index in [0.717, 1.165) is 17.7 Å². The minimum atomic E-state index is -4.90. The number of likely N-dealkylation sites (N-methyl/N-ethyl adjacent to an activating group) is 1. The number of anilines is 1. The van der Waals surface area contributed by atoms with Gasteiger partial charge in [-0.3, -0.25) is 24.4 Å². The number of nitrogens with zero attached hydrogens (tertiary/aromatic N) is 4. The number of halogens is 4. The molecule has 0 bridgehead atoms. The molecule has 2 aliphatic rings. The minimum Gasteiger partial charge on any atom is -0.425 e. The van der Waals surface area contributed by atoms with E-state index in [2.05, 4.69) is 15.0 Å². The fourth-order valence-electron chi connectivity index (χ4n) is 4.45. The number of carbonyl (C=O) groups excluding carboxylic acids is 2. The van der Waals surface area contributed by atoms with Crippen molar-refractivity contribution >= 4 is 29.2 Å². The SMILES string of the molecule is CN1C(=O)CN(CCCOC2NCCO2)C(=O)c2c1nc(Oc1cccc(OC(F)(F)F)c1)n2Cc1ccc(Cl)cc1. The van der Waals surface area contributed by atoms with E-state index in [0.29, 0.717) is 24.6 Å². The maximum atomic E-state index is 13.9. The van der Waals surface area contributed by atoms with E-state index in [1.165, 1.54) is 33.5 Å². The van der Waals surface area contributed by atoms with Crippen LogP contribution >= 0.6 is 11.6 Å². The number of fused-ring (bicyclic) bond motifs is 1. The van der Waals surface area contributed by atoms with Crippen LogP contribution in [0.1, 0.15) is 22.5 Å². The molecule has 3 aromatic rings. The molecule has 3 heterocycles. The van der Waals surface area contributed by atoms with Gasteiger partial charge in [-0.15, -0.1) is 13.2 Å². The van der Waals surface area contributed by atoms with Gasteiger partial charge in [0.1, 0.15) is 18.0 Å². The Balaban J connectivity index is 1.46. The van der Waals surface area contributed by atoms with E-state index >= 15 is 0 Å². The number of amides is 2. The molecule has 1 saturated heterocycles. The van der Waals surface area contributed by atoms with Crippen molar-refractivity contribution in [3.63, 3.8) is 0 Å². The highest BCUT2D eigenvalue weighted by Crippen LogP contribution is 2.34. The van der Waals surface area contributed by atoms with Crippen LogP contribution in [0.5, 0.6) is 17.5 Å². The lowest BCUT2D eigenvalue weighted by Gasteiger charge is -2.21. The summed E-state index contributed by atoms with van der Waals surface area (Å²) >= 11 is 6.05. The van der Waals surface area contributed by atoms with Gasteiger partial charge in [-0.05, 0) is 36.2 Å². The second-order valence-electron chi connectivity index (χ2n) is 9.46. The van der Waals surface area contributed by atoms with Gasteiger partial charge in [0, 0.05) is 31.2 Å². The largest absolute Gasteiger partial charge is 0.573 e. The van der Waals surface area contributed by atoms with Gasteiger partial charge < -0.3 is 23.8 Å². The maximum absolute atomic E-state index is 13.9. The van der Waals surface area contributed by atoms with Crippen molar-refractivity contribution in [2.45, 2.75) is 25.7 Å². The molecule has 11 nitrogen and oxygen atoms in total. The predicted octanol–water partition coefficient (Wildman–Crippen LogP) is 4.00. The molecule has 224 valence electrons. The molecule has 1 atom stereocenters. The third-order valence-electron chi connectivity index (χ3n) is 6.45. The van der Waals surface area contributed by atoms with E-state index < -0.39 is 24.4 Å². The molecule has 0 aliphatic carbocycles. The second-order valence-corrected chi connectivity index (χ2v) is 9.90. The van der Waals surface area contributed by atoms with E-state index in [1.807, 2.05) is 0 Å². The van der Waals surface area contributed by atoms with Crippen molar-refractivity contribution in [2.75, 3.05) is 44.8 Å². The molecule has 1 aromatic heterocycles. The highest BCUT2D eigenvalue weighted by atomic mass is 35.5. The third kappa shape index (κ3) is 7.13. The molecule has 1 unspecified atom stereocenters. The fourth-order valence-corrected chi connectivity index (χ4v) is 4.57. The molecule has 15 heteroatoms. The van der Waals surface area contributed by atoms with Crippen LogP contribution in [0.15, 0.2) is 48.5 Å². The Hall–Kier alpha value is -3.85. The zero-order valence-electron chi connectivity index (χ0n) is 22.4. The van der Waals surface area contributed by atoms with Crippen LogP contribution in [0, 0.1) is 0 Å². The number of alkyl halides is 3. The average molecular weight is 610 g/mol. The van der Waals surface area contributed by atoms with Crippen LogP contribution in [0.3, 0.4) is 0 Å². The number of aromatic nitrogens is 2. The minimum absolute atomic E-state index is 0.0209. The number of ether oxygens (including phenoxy) is 4. The Morgan fingerprint density at radius 2 is 1.90 bits per heavy atom. The molecular formula is C27H27ClF3N5O6. The molecule has 0 spiro atoms. The number of benzene rings is 2. The molecule has 42 heavy (non-hydrogen) atoms. The number of imidazole rings is 1. The first-order chi connectivity index (χ1) is 20.1. The van der Waals surface area contributed by atoms with Gasteiger partial charge in [-0.1, -0.05) is 29.8 Å².